The molecule has 0 N–H and O–H groups in total. The molecular formula is C35H42O9. The first kappa shape index (κ1) is 33.7. The Bertz CT molecular complexity index is 1240. The molecule has 0 aliphatic heterocycles. The quantitative estimate of drug-likeness (QED) is 0.122. The predicted molar refractivity (Wildman–Crippen MR) is 169 cm³/mol. The Kier molecular flexibility index (Phi) is 14.9. The monoisotopic (exact) mass is 606 g/mol. The Balaban J connectivity index is 0.000000241. The van der Waals surface area contributed by atoms with Gasteiger partial charge in [-0.15, -0.1) is 0 Å². The second-order valence-electron chi connectivity index (χ2n) is 9.25. The van der Waals surface area contributed by atoms with Crippen LogP contribution in [0.5, 0.6) is 46.0 Å². The van der Waals surface area contributed by atoms with Gasteiger partial charge in [-0.05, 0) is 104 Å². The van der Waals surface area contributed by atoms with Crippen LogP contribution in [0.4, 0.5) is 0 Å². The third kappa shape index (κ3) is 12.6. The van der Waals surface area contributed by atoms with Gasteiger partial charge in [-0.25, -0.2) is 0 Å². The molecule has 0 saturated carbocycles. The third-order valence-electron chi connectivity index (χ3n) is 6.05. The molecule has 0 bridgehead atoms. The van der Waals surface area contributed by atoms with Crippen molar-refractivity contribution in [3.63, 3.8) is 0 Å². The summed E-state index contributed by atoms with van der Waals surface area (Å²) < 4.78 is 48.4. The minimum atomic E-state index is -0.0551. The second kappa shape index (κ2) is 19.4. The molecule has 4 rings (SSSR count). The predicted octanol–water partition coefficient (Wildman–Crippen LogP) is 6.73. The summed E-state index contributed by atoms with van der Waals surface area (Å²) in [4.78, 5) is 0. The zero-order valence-corrected chi connectivity index (χ0v) is 26.0. The summed E-state index contributed by atoms with van der Waals surface area (Å²) in [6.45, 7) is 4.45. The first-order chi connectivity index (χ1) is 21.5. The lowest BCUT2D eigenvalue weighted by molar-refractivity contribution is 0.0764. The van der Waals surface area contributed by atoms with Crippen molar-refractivity contribution in [1.29, 1.82) is 0 Å². The molecule has 9 nitrogen and oxygen atoms in total. The summed E-state index contributed by atoms with van der Waals surface area (Å²) in [6.07, 6.45) is -0.0551. The van der Waals surface area contributed by atoms with Crippen LogP contribution in [0.15, 0.2) is 97.1 Å². The van der Waals surface area contributed by atoms with Crippen LogP contribution in [0, 0.1) is 0 Å². The zero-order chi connectivity index (χ0) is 31.4. The highest BCUT2D eigenvalue weighted by atomic mass is 16.5. The number of hydrogen-bond acceptors (Lipinski definition) is 9. The van der Waals surface area contributed by atoms with Crippen LogP contribution in [0.25, 0.3) is 0 Å². The van der Waals surface area contributed by atoms with E-state index in [0.29, 0.717) is 33.0 Å². The molecule has 9 heteroatoms. The summed E-state index contributed by atoms with van der Waals surface area (Å²) in [6, 6.07) is 29.9. The Labute approximate surface area is 260 Å². The van der Waals surface area contributed by atoms with Gasteiger partial charge in [0.1, 0.15) is 71.9 Å². The van der Waals surface area contributed by atoms with Crippen LogP contribution in [0.2, 0.25) is 0 Å². The molecule has 1 unspecified atom stereocenters. The molecule has 0 aromatic heterocycles. The van der Waals surface area contributed by atoms with Crippen molar-refractivity contribution in [2.24, 2.45) is 0 Å². The van der Waals surface area contributed by atoms with Crippen LogP contribution in [0.1, 0.15) is 6.92 Å². The van der Waals surface area contributed by atoms with Crippen molar-refractivity contribution in [1.82, 2.24) is 0 Å². The summed E-state index contributed by atoms with van der Waals surface area (Å²) >= 11 is 0. The van der Waals surface area contributed by atoms with Crippen molar-refractivity contribution in [3.05, 3.63) is 97.1 Å². The highest BCUT2D eigenvalue weighted by Gasteiger charge is 2.06. The normalized spacial score (nSPS) is 10.8. The van der Waals surface area contributed by atoms with Crippen molar-refractivity contribution in [3.8, 4) is 46.0 Å². The van der Waals surface area contributed by atoms with Gasteiger partial charge in [0.2, 0.25) is 0 Å². The standard InChI is InChI=1S/C18H22O5.C17H20O4/c1-19-15-3-7-17(8-4-15)22-13-11-21-12-14-23-18-9-5-16(20-2)6-10-18;1-13(21-17-10-6-15(19-3)7-11-17)12-20-16-8-4-14(18-2)5-9-16/h3-10H,11-14H2,1-2H3;4-11,13H,12H2,1-3H3. The van der Waals surface area contributed by atoms with Gasteiger partial charge in [-0.2, -0.15) is 0 Å². The molecule has 0 aliphatic carbocycles. The molecule has 0 saturated heterocycles. The molecular weight excluding hydrogens is 564 g/mol. The van der Waals surface area contributed by atoms with Gasteiger partial charge in [0.05, 0.1) is 41.7 Å². The molecule has 0 aliphatic rings. The van der Waals surface area contributed by atoms with Gasteiger partial charge in [0, 0.05) is 0 Å². The van der Waals surface area contributed by atoms with E-state index in [0.717, 1.165) is 46.0 Å². The van der Waals surface area contributed by atoms with E-state index in [1.807, 2.05) is 104 Å². The maximum absolute atomic E-state index is 5.78. The Morgan fingerprint density at radius 2 is 0.682 bits per heavy atom. The molecule has 4 aromatic carbocycles. The molecule has 0 heterocycles. The molecule has 0 fully saturated rings. The third-order valence-corrected chi connectivity index (χ3v) is 6.05. The van der Waals surface area contributed by atoms with Crippen LogP contribution >= 0.6 is 0 Å². The number of methoxy groups -OCH3 is 4. The molecule has 1 atom stereocenters. The molecule has 4 aromatic rings. The van der Waals surface area contributed by atoms with E-state index in [1.165, 1.54) is 0 Å². The lowest BCUT2D eigenvalue weighted by Gasteiger charge is -2.16. The van der Waals surface area contributed by atoms with Crippen LogP contribution < -0.4 is 37.9 Å². The summed E-state index contributed by atoms with van der Waals surface area (Å²) in [7, 11) is 6.55. The highest BCUT2D eigenvalue weighted by molar-refractivity contribution is 5.33. The number of benzene rings is 4. The van der Waals surface area contributed by atoms with Crippen LogP contribution in [-0.4, -0.2) is 67.6 Å². The van der Waals surface area contributed by atoms with Crippen molar-refractivity contribution >= 4 is 0 Å². The fourth-order valence-electron chi connectivity index (χ4n) is 3.69. The van der Waals surface area contributed by atoms with Crippen molar-refractivity contribution < 1.29 is 42.6 Å². The Morgan fingerprint density at radius 1 is 0.386 bits per heavy atom. The topological polar surface area (TPSA) is 83.1 Å². The van der Waals surface area contributed by atoms with Gasteiger partial charge >= 0.3 is 0 Å². The average Bonchev–Trinajstić information content (AvgIpc) is 3.08. The van der Waals surface area contributed by atoms with Crippen molar-refractivity contribution in [2.45, 2.75) is 13.0 Å². The van der Waals surface area contributed by atoms with E-state index in [-0.39, 0.29) is 6.10 Å². The van der Waals surface area contributed by atoms with Gasteiger partial charge < -0.3 is 42.6 Å². The molecule has 0 amide bonds. The second-order valence-corrected chi connectivity index (χ2v) is 9.25. The fourth-order valence-corrected chi connectivity index (χ4v) is 3.69. The summed E-state index contributed by atoms with van der Waals surface area (Å²) in [5.74, 6) is 6.42. The lowest BCUT2D eigenvalue weighted by Crippen LogP contribution is -2.21. The number of rotatable bonds is 17. The Morgan fingerprint density at radius 3 is 1.02 bits per heavy atom. The molecule has 0 radical (unpaired) electrons. The van der Waals surface area contributed by atoms with Crippen molar-refractivity contribution in [2.75, 3.05) is 61.5 Å². The molecule has 0 spiro atoms. The lowest BCUT2D eigenvalue weighted by atomic mass is 10.3. The average molecular weight is 607 g/mol. The van der Waals surface area contributed by atoms with E-state index >= 15 is 0 Å². The maximum Gasteiger partial charge on any atom is 0.130 e. The first-order valence-electron chi connectivity index (χ1n) is 14.2. The van der Waals surface area contributed by atoms with E-state index in [2.05, 4.69) is 0 Å². The molecule has 44 heavy (non-hydrogen) atoms. The van der Waals surface area contributed by atoms with Gasteiger partial charge in [0.15, 0.2) is 0 Å². The van der Waals surface area contributed by atoms with Crippen LogP contribution in [0.3, 0.4) is 0 Å². The minimum Gasteiger partial charge on any atom is -0.497 e. The van der Waals surface area contributed by atoms with E-state index in [4.69, 9.17) is 42.6 Å². The number of hydrogen-bond donors (Lipinski definition) is 0. The van der Waals surface area contributed by atoms with E-state index < -0.39 is 0 Å². The number of ether oxygens (including phenoxy) is 9. The smallest absolute Gasteiger partial charge is 0.130 e. The largest absolute Gasteiger partial charge is 0.497 e. The van der Waals surface area contributed by atoms with Gasteiger partial charge in [-0.3, -0.25) is 0 Å². The van der Waals surface area contributed by atoms with E-state index in [9.17, 15) is 0 Å². The maximum atomic E-state index is 5.78. The summed E-state index contributed by atoms with van der Waals surface area (Å²) in [5, 5.41) is 0. The molecule has 236 valence electrons. The first-order valence-corrected chi connectivity index (χ1v) is 14.2. The fraction of sp³-hybridized carbons (Fsp3) is 0.314. The Hall–Kier alpha value is -4.76. The zero-order valence-electron chi connectivity index (χ0n) is 26.0. The highest BCUT2D eigenvalue weighted by Crippen LogP contribution is 2.21. The van der Waals surface area contributed by atoms with Gasteiger partial charge in [-0.1, -0.05) is 0 Å². The van der Waals surface area contributed by atoms with Crippen LogP contribution in [-0.2, 0) is 4.74 Å². The van der Waals surface area contributed by atoms with Gasteiger partial charge in [0.25, 0.3) is 0 Å². The van der Waals surface area contributed by atoms with E-state index in [1.54, 1.807) is 28.4 Å². The SMILES string of the molecule is COc1ccc(OCC(C)Oc2ccc(OC)cc2)cc1.COc1ccc(OCCOCCOc2ccc(OC)cc2)cc1. The minimum absolute atomic E-state index is 0.0551. The summed E-state index contributed by atoms with van der Waals surface area (Å²) in [5.41, 5.74) is 0.